The van der Waals surface area contributed by atoms with Crippen molar-refractivity contribution in [1.82, 2.24) is 0 Å². The first-order chi connectivity index (χ1) is 6.63. The minimum Gasteiger partial charge on any atom is -0.481 e. The first-order valence-corrected chi connectivity index (χ1v) is 4.35. The summed E-state index contributed by atoms with van der Waals surface area (Å²) in [7, 11) is 0. The standard InChI is InChI=1S/C11H11NO2/c1-8(11(13)14)5-9-3-2-4-10(6-9)7-12/h2-4,6,8H,5H2,1H3,(H,13,14)/t8-/m0/s1. The summed E-state index contributed by atoms with van der Waals surface area (Å²) in [5.41, 5.74) is 1.46. The number of carboxylic acid groups (broad SMARTS) is 1. The maximum Gasteiger partial charge on any atom is 0.306 e. The van der Waals surface area contributed by atoms with Gasteiger partial charge in [-0.2, -0.15) is 5.26 Å². The molecule has 0 aromatic heterocycles. The lowest BCUT2D eigenvalue weighted by Gasteiger charge is -2.05. The largest absolute Gasteiger partial charge is 0.481 e. The molecule has 0 amide bonds. The second-order valence-electron chi connectivity index (χ2n) is 3.26. The summed E-state index contributed by atoms with van der Waals surface area (Å²) >= 11 is 0. The van der Waals surface area contributed by atoms with E-state index in [9.17, 15) is 4.79 Å². The van der Waals surface area contributed by atoms with Crippen molar-refractivity contribution < 1.29 is 9.90 Å². The summed E-state index contributed by atoms with van der Waals surface area (Å²) < 4.78 is 0. The Morgan fingerprint density at radius 1 is 1.64 bits per heavy atom. The maximum absolute atomic E-state index is 10.6. The molecule has 14 heavy (non-hydrogen) atoms. The first-order valence-electron chi connectivity index (χ1n) is 4.35. The molecule has 0 aliphatic heterocycles. The number of hydrogen-bond acceptors (Lipinski definition) is 2. The summed E-state index contributed by atoms with van der Waals surface area (Å²) in [4.78, 5) is 10.6. The normalized spacial score (nSPS) is 11.7. The van der Waals surface area contributed by atoms with Gasteiger partial charge in [-0.1, -0.05) is 19.1 Å². The van der Waals surface area contributed by atoms with Crippen LogP contribution in [0.4, 0.5) is 0 Å². The van der Waals surface area contributed by atoms with Crippen LogP contribution in [0, 0.1) is 17.2 Å². The lowest BCUT2D eigenvalue weighted by atomic mass is 10.00. The van der Waals surface area contributed by atoms with Crippen LogP contribution in [-0.2, 0) is 11.2 Å². The fourth-order valence-electron chi connectivity index (χ4n) is 1.21. The number of aliphatic carboxylic acids is 1. The van der Waals surface area contributed by atoms with E-state index in [1.807, 2.05) is 12.1 Å². The number of rotatable bonds is 3. The van der Waals surface area contributed by atoms with E-state index in [0.717, 1.165) is 5.56 Å². The zero-order valence-corrected chi connectivity index (χ0v) is 7.90. The molecule has 0 saturated carbocycles. The lowest BCUT2D eigenvalue weighted by Crippen LogP contribution is -2.12. The van der Waals surface area contributed by atoms with Gasteiger partial charge in [-0.3, -0.25) is 4.79 Å². The molecule has 0 radical (unpaired) electrons. The highest BCUT2D eigenvalue weighted by Crippen LogP contribution is 2.10. The number of carbonyl (C=O) groups is 1. The fourth-order valence-corrected chi connectivity index (χ4v) is 1.21. The number of carboxylic acids is 1. The third-order valence-corrected chi connectivity index (χ3v) is 2.02. The van der Waals surface area contributed by atoms with E-state index in [4.69, 9.17) is 10.4 Å². The van der Waals surface area contributed by atoms with Gasteiger partial charge in [0.1, 0.15) is 0 Å². The van der Waals surface area contributed by atoms with Crippen LogP contribution in [0.15, 0.2) is 24.3 Å². The number of nitriles is 1. The zero-order valence-electron chi connectivity index (χ0n) is 7.90. The van der Waals surface area contributed by atoms with Crippen LogP contribution in [0.5, 0.6) is 0 Å². The fraction of sp³-hybridized carbons (Fsp3) is 0.273. The van der Waals surface area contributed by atoms with Crippen molar-refractivity contribution in [2.75, 3.05) is 0 Å². The minimum atomic E-state index is -0.813. The molecule has 1 aromatic rings. The molecular formula is C11H11NO2. The van der Waals surface area contributed by atoms with Crippen LogP contribution >= 0.6 is 0 Å². The van der Waals surface area contributed by atoms with Crippen LogP contribution in [0.1, 0.15) is 18.1 Å². The molecule has 0 heterocycles. The summed E-state index contributed by atoms with van der Waals surface area (Å²) in [5.74, 6) is -1.23. The predicted octanol–water partition coefficient (Wildman–Crippen LogP) is 1.82. The molecule has 0 fully saturated rings. The van der Waals surface area contributed by atoms with Gasteiger partial charge >= 0.3 is 5.97 Å². The van der Waals surface area contributed by atoms with E-state index >= 15 is 0 Å². The van der Waals surface area contributed by atoms with E-state index in [-0.39, 0.29) is 0 Å². The van der Waals surface area contributed by atoms with Crippen molar-refractivity contribution >= 4 is 5.97 Å². The highest BCUT2D eigenvalue weighted by Gasteiger charge is 2.11. The Bertz CT molecular complexity index is 379. The van der Waals surface area contributed by atoms with Crippen LogP contribution in [0.3, 0.4) is 0 Å². The Labute approximate surface area is 82.6 Å². The molecule has 3 heteroatoms. The summed E-state index contributed by atoms with van der Waals surface area (Å²) in [6.07, 6.45) is 0.463. The van der Waals surface area contributed by atoms with Gasteiger partial charge in [0, 0.05) is 0 Å². The molecular weight excluding hydrogens is 178 g/mol. The van der Waals surface area contributed by atoms with Crippen molar-refractivity contribution in [3.8, 4) is 6.07 Å². The molecule has 1 rings (SSSR count). The first kappa shape index (κ1) is 10.3. The molecule has 0 spiro atoms. The Balaban J connectivity index is 2.78. The minimum absolute atomic E-state index is 0.413. The summed E-state index contributed by atoms with van der Waals surface area (Å²) in [5, 5.41) is 17.3. The summed E-state index contributed by atoms with van der Waals surface area (Å²) in [6, 6.07) is 9.05. The smallest absolute Gasteiger partial charge is 0.306 e. The van der Waals surface area contributed by atoms with Gasteiger partial charge in [0.2, 0.25) is 0 Å². The average molecular weight is 189 g/mol. The molecule has 72 valence electrons. The van der Waals surface area contributed by atoms with Crippen LogP contribution in [-0.4, -0.2) is 11.1 Å². The molecule has 0 bridgehead atoms. The summed E-state index contributed by atoms with van der Waals surface area (Å²) in [6.45, 7) is 1.65. The van der Waals surface area contributed by atoms with Gasteiger partial charge in [-0.05, 0) is 24.1 Å². The van der Waals surface area contributed by atoms with Crippen molar-refractivity contribution in [1.29, 1.82) is 5.26 Å². The van der Waals surface area contributed by atoms with E-state index < -0.39 is 11.9 Å². The van der Waals surface area contributed by atoms with Crippen LogP contribution < -0.4 is 0 Å². The monoisotopic (exact) mass is 189 g/mol. The van der Waals surface area contributed by atoms with E-state index in [0.29, 0.717) is 12.0 Å². The van der Waals surface area contributed by atoms with E-state index in [2.05, 4.69) is 0 Å². The Hall–Kier alpha value is -1.82. The third kappa shape index (κ3) is 2.60. The van der Waals surface area contributed by atoms with E-state index in [1.54, 1.807) is 25.1 Å². The molecule has 0 aliphatic rings. The lowest BCUT2D eigenvalue weighted by molar-refractivity contribution is -0.141. The molecule has 0 unspecified atom stereocenters. The van der Waals surface area contributed by atoms with Gasteiger partial charge in [0.15, 0.2) is 0 Å². The Morgan fingerprint density at radius 2 is 2.36 bits per heavy atom. The Morgan fingerprint density at radius 3 is 2.93 bits per heavy atom. The molecule has 1 aromatic carbocycles. The molecule has 0 saturated heterocycles. The number of hydrogen-bond donors (Lipinski definition) is 1. The maximum atomic E-state index is 10.6. The van der Waals surface area contributed by atoms with Gasteiger partial charge in [-0.15, -0.1) is 0 Å². The predicted molar refractivity (Wildman–Crippen MR) is 51.7 cm³/mol. The highest BCUT2D eigenvalue weighted by molar-refractivity contribution is 5.69. The van der Waals surface area contributed by atoms with Crippen molar-refractivity contribution in [3.05, 3.63) is 35.4 Å². The number of benzene rings is 1. The molecule has 1 N–H and O–H groups in total. The second-order valence-corrected chi connectivity index (χ2v) is 3.26. The van der Waals surface area contributed by atoms with Crippen molar-refractivity contribution in [2.45, 2.75) is 13.3 Å². The van der Waals surface area contributed by atoms with Gasteiger partial charge < -0.3 is 5.11 Å². The van der Waals surface area contributed by atoms with Crippen LogP contribution in [0.25, 0.3) is 0 Å². The average Bonchev–Trinajstić information content (AvgIpc) is 2.18. The zero-order chi connectivity index (χ0) is 10.6. The SMILES string of the molecule is C[C@@H](Cc1cccc(C#N)c1)C(=O)O. The van der Waals surface area contributed by atoms with Crippen molar-refractivity contribution in [2.24, 2.45) is 5.92 Å². The second kappa shape index (κ2) is 4.43. The van der Waals surface area contributed by atoms with Crippen molar-refractivity contribution in [3.63, 3.8) is 0 Å². The van der Waals surface area contributed by atoms with Crippen LogP contribution in [0.2, 0.25) is 0 Å². The molecule has 0 aliphatic carbocycles. The topological polar surface area (TPSA) is 61.1 Å². The van der Waals surface area contributed by atoms with E-state index in [1.165, 1.54) is 0 Å². The molecule has 3 nitrogen and oxygen atoms in total. The van der Waals surface area contributed by atoms with Gasteiger partial charge in [0.05, 0.1) is 17.6 Å². The third-order valence-electron chi connectivity index (χ3n) is 2.02. The van der Waals surface area contributed by atoms with Gasteiger partial charge in [0.25, 0.3) is 0 Å². The molecule has 1 atom stereocenters. The quantitative estimate of drug-likeness (QED) is 0.788. The Kier molecular flexibility index (Phi) is 3.24. The highest BCUT2D eigenvalue weighted by atomic mass is 16.4. The van der Waals surface area contributed by atoms with Gasteiger partial charge in [-0.25, -0.2) is 0 Å². The number of nitrogens with zero attached hydrogens (tertiary/aromatic N) is 1.